The molecule has 0 aromatic heterocycles. The molecule has 15 heavy (non-hydrogen) atoms. The lowest BCUT2D eigenvalue weighted by molar-refractivity contribution is 0.0230. The van der Waals surface area contributed by atoms with Crippen LogP contribution in [0.25, 0.3) is 0 Å². The minimum absolute atomic E-state index is 0.201. The van der Waals surface area contributed by atoms with E-state index in [1.807, 2.05) is 27.8 Å². The lowest BCUT2D eigenvalue weighted by Crippen LogP contribution is -2.43. The van der Waals surface area contributed by atoms with E-state index in [0.717, 1.165) is 13.0 Å². The molecule has 1 aliphatic heterocycles. The van der Waals surface area contributed by atoms with E-state index in [9.17, 15) is 4.79 Å². The first-order valence-corrected chi connectivity index (χ1v) is 5.52. The highest BCUT2D eigenvalue weighted by atomic mass is 16.6. The van der Waals surface area contributed by atoms with Crippen LogP contribution in [0.4, 0.5) is 4.79 Å². The van der Waals surface area contributed by atoms with Gasteiger partial charge in [-0.3, -0.25) is 0 Å². The van der Waals surface area contributed by atoms with Gasteiger partial charge in [0.05, 0.1) is 0 Å². The van der Waals surface area contributed by atoms with E-state index in [1.54, 1.807) is 4.90 Å². The molecule has 1 amide bonds. The number of amides is 1. The van der Waals surface area contributed by atoms with Crippen molar-refractivity contribution >= 4 is 6.09 Å². The third kappa shape index (κ3) is 3.09. The maximum atomic E-state index is 11.8. The Morgan fingerprint density at radius 2 is 2.07 bits per heavy atom. The van der Waals surface area contributed by atoms with Gasteiger partial charge in [-0.2, -0.15) is 0 Å². The van der Waals surface area contributed by atoms with Gasteiger partial charge in [-0.1, -0.05) is 0 Å². The third-order valence-electron chi connectivity index (χ3n) is 2.75. The Hall–Kier alpha value is -0.770. The number of ether oxygens (including phenoxy) is 1. The van der Waals surface area contributed by atoms with Crippen LogP contribution in [0.2, 0.25) is 0 Å². The summed E-state index contributed by atoms with van der Waals surface area (Å²) in [6.45, 7) is 8.50. The third-order valence-corrected chi connectivity index (χ3v) is 2.75. The monoisotopic (exact) mass is 214 g/mol. The molecule has 0 spiro atoms. The lowest BCUT2D eigenvalue weighted by atomic mass is 10.1. The highest BCUT2D eigenvalue weighted by molar-refractivity contribution is 5.69. The molecule has 2 atom stereocenters. The molecule has 0 aliphatic carbocycles. The Bertz CT molecular complexity index is 235. The van der Waals surface area contributed by atoms with Crippen LogP contribution in [0.3, 0.4) is 0 Å². The zero-order valence-corrected chi connectivity index (χ0v) is 10.3. The molecular weight excluding hydrogens is 192 g/mol. The van der Waals surface area contributed by atoms with Gasteiger partial charge in [0, 0.05) is 18.6 Å². The van der Waals surface area contributed by atoms with Crippen molar-refractivity contribution in [2.45, 2.75) is 51.8 Å². The number of likely N-dealkylation sites (tertiary alicyclic amines) is 1. The van der Waals surface area contributed by atoms with Crippen molar-refractivity contribution in [3.8, 4) is 0 Å². The summed E-state index contributed by atoms with van der Waals surface area (Å²) in [7, 11) is 1.93. The van der Waals surface area contributed by atoms with Crippen molar-refractivity contribution in [3.05, 3.63) is 0 Å². The van der Waals surface area contributed by atoms with Gasteiger partial charge in [0.1, 0.15) is 5.60 Å². The number of hydrogen-bond acceptors (Lipinski definition) is 3. The summed E-state index contributed by atoms with van der Waals surface area (Å²) in [5, 5.41) is 3.21. The second-order valence-corrected chi connectivity index (χ2v) is 5.10. The van der Waals surface area contributed by atoms with Crippen molar-refractivity contribution in [1.82, 2.24) is 10.2 Å². The number of rotatable bonds is 1. The molecule has 1 fully saturated rings. The van der Waals surface area contributed by atoms with E-state index in [2.05, 4.69) is 12.2 Å². The fraction of sp³-hybridized carbons (Fsp3) is 0.909. The Morgan fingerprint density at radius 1 is 1.47 bits per heavy atom. The van der Waals surface area contributed by atoms with Crippen LogP contribution in [-0.4, -0.2) is 42.3 Å². The highest BCUT2D eigenvalue weighted by Crippen LogP contribution is 2.20. The molecule has 88 valence electrons. The molecule has 1 aliphatic rings. The molecule has 0 aromatic carbocycles. The topological polar surface area (TPSA) is 41.6 Å². The minimum atomic E-state index is -0.408. The maximum Gasteiger partial charge on any atom is 0.410 e. The molecule has 0 saturated carbocycles. The molecule has 1 saturated heterocycles. The number of carbonyl (C=O) groups excluding carboxylic acids is 1. The quantitative estimate of drug-likeness (QED) is 0.721. The van der Waals surface area contributed by atoms with Gasteiger partial charge in [0.25, 0.3) is 0 Å². The molecule has 1 rings (SSSR count). The first-order valence-electron chi connectivity index (χ1n) is 5.52. The van der Waals surface area contributed by atoms with Crippen molar-refractivity contribution in [1.29, 1.82) is 0 Å². The molecule has 1 heterocycles. The van der Waals surface area contributed by atoms with E-state index >= 15 is 0 Å². The summed E-state index contributed by atoms with van der Waals surface area (Å²) in [5.41, 5.74) is -0.408. The van der Waals surface area contributed by atoms with E-state index in [4.69, 9.17) is 4.74 Å². The summed E-state index contributed by atoms with van der Waals surface area (Å²) < 4.78 is 5.34. The minimum Gasteiger partial charge on any atom is -0.444 e. The van der Waals surface area contributed by atoms with Crippen LogP contribution in [0.5, 0.6) is 0 Å². The summed E-state index contributed by atoms with van der Waals surface area (Å²) in [5.74, 6) is 0. The number of nitrogens with one attached hydrogen (secondary N) is 1. The molecule has 4 nitrogen and oxygen atoms in total. The van der Waals surface area contributed by atoms with Gasteiger partial charge in [-0.05, 0) is 41.2 Å². The Labute approximate surface area is 92.0 Å². The van der Waals surface area contributed by atoms with Crippen molar-refractivity contribution < 1.29 is 9.53 Å². The van der Waals surface area contributed by atoms with Crippen molar-refractivity contribution in [3.63, 3.8) is 0 Å². The van der Waals surface area contributed by atoms with E-state index < -0.39 is 5.60 Å². The molecule has 0 unspecified atom stereocenters. The smallest absolute Gasteiger partial charge is 0.410 e. The molecule has 0 aromatic rings. The van der Waals surface area contributed by atoms with Crippen LogP contribution >= 0.6 is 0 Å². The summed E-state index contributed by atoms with van der Waals surface area (Å²) in [6, 6.07) is 0.599. The van der Waals surface area contributed by atoms with E-state index in [0.29, 0.717) is 6.04 Å². The Balaban J connectivity index is 2.55. The predicted molar refractivity (Wildman–Crippen MR) is 59.9 cm³/mol. The van der Waals surface area contributed by atoms with E-state index in [1.165, 1.54) is 0 Å². The van der Waals surface area contributed by atoms with Gasteiger partial charge in [0.2, 0.25) is 0 Å². The number of carbonyl (C=O) groups is 1. The largest absolute Gasteiger partial charge is 0.444 e. The zero-order chi connectivity index (χ0) is 11.6. The normalized spacial score (nSPS) is 26.9. The summed E-state index contributed by atoms with van der Waals surface area (Å²) in [4.78, 5) is 13.6. The second-order valence-electron chi connectivity index (χ2n) is 5.10. The van der Waals surface area contributed by atoms with Gasteiger partial charge >= 0.3 is 6.09 Å². The van der Waals surface area contributed by atoms with Crippen LogP contribution in [0, 0.1) is 0 Å². The molecule has 1 N–H and O–H groups in total. The molecular formula is C11H22N2O2. The number of likely N-dealkylation sites (N-methyl/N-ethyl adjacent to an activating group) is 1. The van der Waals surface area contributed by atoms with Gasteiger partial charge < -0.3 is 15.0 Å². The summed E-state index contributed by atoms with van der Waals surface area (Å²) >= 11 is 0. The number of hydrogen-bond donors (Lipinski definition) is 1. The molecule has 4 heteroatoms. The molecule has 0 bridgehead atoms. The predicted octanol–water partition coefficient (Wildman–Crippen LogP) is 1.60. The SMILES string of the molecule is CN[C@@H]1CCN(C(=O)OC(C)(C)C)[C@@H]1C. The average molecular weight is 214 g/mol. The van der Waals surface area contributed by atoms with Crippen LogP contribution in [-0.2, 0) is 4.74 Å². The standard InChI is InChI=1S/C11H22N2O2/c1-8-9(12-5)6-7-13(8)10(14)15-11(2,3)4/h8-9,12H,6-7H2,1-5H3/t8-,9-/m1/s1. The van der Waals surface area contributed by atoms with Gasteiger partial charge in [-0.25, -0.2) is 4.79 Å². The average Bonchev–Trinajstić information content (AvgIpc) is 2.43. The van der Waals surface area contributed by atoms with Crippen molar-refractivity contribution in [2.75, 3.05) is 13.6 Å². The highest BCUT2D eigenvalue weighted by Gasteiger charge is 2.35. The van der Waals surface area contributed by atoms with E-state index in [-0.39, 0.29) is 12.1 Å². The van der Waals surface area contributed by atoms with Crippen molar-refractivity contribution in [2.24, 2.45) is 0 Å². The maximum absolute atomic E-state index is 11.8. The Kier molecular flexibility index (Phi) is 3.60. The summed E-state index contributed by atoms with van der Waals surface area (Å²) in [6.07, 6.45) is 0.796. The Morgan fingerprint density at radius 3 is 2.47 bits per heavy atom. The second kappa shape index (κ2) is 4.39. The first kappa shape index (κ1) is 12.3. The van der Waals surface area contributed by atoms with Crippen LogP contribution in [0.1, 0.15) is 34.1 Å². The molecule has 0 radical (unpaired) electrons. The lowest BCUT2D eigenvalue weighted by Gasteiger charge is -2.28. The fourth-order valence-corrected chi connectivity index (χ4v) is 1.90. The first-order chi connectivity index (χ1) is 6.85. The zero-order valence-electron chi connectivity index (χ0n) is 10.3. The van der Waals surface area contributed by atoms with Crippen LogP contribution < -0.4 is 5.32 Å². The van der Waals surface area contributed by atoms with Gasteiger partial charge in [-0.15, -0.1) is 0 Å². The fourth-order valence-electron chi connectivity index (χ4n) is 1.90. The van der Waals surface area contributed by atoms with Crippen LogP contribution in [0.15, 0.2) is 0 Å². The van der Waals surface area contributed by atoms with Gasteiger partial charge in [0.15, 0.2) is 0 Å². The number of nitrogens with zero attached hydrogens (tertiary/aromatic N) is 1.